The van der Waals surface area contributed by atoms with Gasteiger partial charge in [-0.25, -0.2) is 0 Å². The molecule has 0 aliphatic heterocycles. The predicted molar refractivity (Wildman–Crippen MR) is 146 cm³/mol. The van der Waals surface area contributed by atoms with E-state index < -0.39 is 0 Å². The van der Waals surface area contributed by atoms with Gasteiger partial charge in [-0.05, 0) is 55.4 Å². The Morgan fingerprint density at radius 1 is 0.889 bits per heavy atom. The number of nitrogens with zero attached hydrogens (tertiary/aromatic N) is 1. The molecule has 0 heterocycles. The third-order valence-corrected chi connectivity index (χ3v) is 5.88. The molecular weight excluding hydrogens is 450 g/mol. The van der Waals surface area contributed by atoms with Gasteiger partial charge in [0.1, 0.15) is 0 Å². The number of hydrogen-bond donors (Lipinski definition) is 2. The van der Waals surface area contributed by atoms with Gasteiger partial charge in [0.25, 0.3) is 11.8 Å². The Balaban J connectivity index is 2.17. The van der Waals surface area contributed by atoms with Gasteiger partial charge in [0.2, 0.25) is 5.91 Å². The quantitative estimate of drug-likeness (QED) is 0.394. The number of amides is 3. The standard InChI is InChI=1S/C30H42N3O3/c1-6-16-33(17-7-2)30(36)26-15-11-14-25(20-26)29(35)32-27(19-24-12-9-8-10-13-24)18-23(5)28(34)31-21-22(3)4/h8-15,18,20,22-23,27H,6-7,16-17,19,21H2,1-5H3,(H,31,34)(H,32,35)/t23?,27-/m1/s1. The van der Waals surface area contributed by atoms with Crippen LogP contribution >= 0.6 is 0 Å². The highest BCUT2D eigenvalue weighted by atomic mass is 16.2. The largest absolute Gasteiger partial charge is 0.356 e. The first-order valence-electron chi connectivity index (χ1n) is 13.1. The van der Waals surface area contributed by atoms with Crippen LogP contribution in [0.5, 0.6) is 0 Å². The molecule has 36 heavy (non-hydrogen) atoms. The van der Waals surface area contributed by atoms with Crippen LogP contribution in [0.2, 0.25) is 0 Å². The van der Waals surface area contributed by atoms with Crippen LogP contribution in [0.15, 0.2) is 54.6 Å². The van der Waals surface area contributed by atoms with E-state index in [1.807, 2.05) is 62.4 Å². The fourth-order valence-corrected chi connectivity index (χ4v) is 4.02. The van der Waals surface area contributed by atoms with E-state index in [-0.39, 0.29) is 29.7 Å². The Morgan fingerprint density at radius 3 is 2.14 bits per heavy atom. The molecule has 1 radical (unpaired) electrons. The maximum absolute atomic E-state index is 13.3. The van der Waals surface area contributed by atoms with Crippen molar-refractivity contribution < 1.29 is 14.4 Å². The molecule has 6 nitrogen and oxygen atoms in total. The molecule has 0 saturated carbocycles. The summed E-state index contributed by atoms with van der Waals surface area (Å²) in [6.45, 7) is 12.0. The van der Waals surface area contributed by atoms with Gasteiger partial charge < -0.3 is 15.5 Å². The number of carbonyl (C=O) groups is 3. The number of carbonyl (C=O) groups excluding carboxylic acids is 3. The van der Waals surface area contributed by atoms with E-state index in [0.29, 0.717) is 43.1 Å². The maximum atomic E-state index is 13.3. The van der Waals surface area contributed by atoms with E-state index in [1.54, 1.807) is 24.3 Å². The first-order chi connectivity index (χ1) is 17.2. The van der Waals surface area contributed by atoms with Gasteiger partial charge >= 0.3 is 0 Å². The van der Waals surface area contributed by atoms with Gasteiger partial charge in [-0.3, -0.25) is 14.4 Å². The SMILES string of the molecule is CCCN(CCC)C(=O)c1cccc(C(=O)N[C@H]([CH]C(C)C(=O)NCC(C)C)Cc2ccccc2)c1. The topological polar surface area (TPSA) is 78.5 Å². The van der Waals surface area contributed by atoms with Crippen molar-refractivity contribution in [1.82, 2.24) is 15.5 Å². The smallest absolute Gasteiger partial charge is 0.253 e. The monoisotopic (exact) mass is 492 g/mol. The summed E-state index contributed by atoms with van der Waals surface area (Å²) >= 11 is 0. The molecule has 2 rings (SSSR count). The molecule has 0 fully saturated rings. The van der Waals surface area contributed by atoms with Crippen molar-refractivity contribution >= 4 is 17.7 Å². The van der Waals surface area contributed by atoms with E-state index >= 15 is 0 Å². The van der Waals surface area contributed by atoms with Crippen LogP contribution in [0.1, 0.15) is 73.7 Å². The molecule has 195 valence electrons. The van der Waals surface area contributed by atoms with E-state index in [9.17, 15) is 14.4 Å². The zero-order chi connectivity index (χ0) is 26.5. The van der Waals surface area contributed by atoms with Gasteiger partial charge in [-0.1, -0.05) is 71.0 Å². The summed E-state index contributed by atoms with van der Waals surface area (Å²) in [7, 11) is 0. The van der Waals surface area contributed by atoms with Crippen molar-refractivity contribution in [3.63, 3.8) is 0 Å². The number of hydrogen-bond acceptors (Lipinski definition) is 3. The molecule has 0 aromatic heterocycles. The predicted octanol–water partition coefficient (Wildman–Crippen LogP) is 4.90. The molecule has 2 aromatic carbocycles. The van der Waals surface area contributed by atoms with Crippen LogP contribution in [-0.2, 0) is 11.2 Å². The lowest BCUT2D eigenvalue weighted by atomic mass is 9.95. The van der Waals surface area contributed by atoms with Gasteiger partial charge in [0, 0.05) is 42.7 Å². The van der Waals surface area contributed by atoms with Crippen LogP contribution in [0.25, 0.3) is 0 Å². The van der Waals surface area contributed by atoms with Crippen molar-refractivity contribution in [3.8, 4) is 0 Å². The normalized spacial score (nSPS) is 12.6. The fraction of sp³-hybridized carbons (Fsp3) is 0.467. The van der Waals surface area contributed by atoms with Crippen LogP contribution in [0.4, 0.5) is 0 Å². The third kappa shape index (κ3) is 9.48. The molecule has 1 unspecified atom stereocenters. The van der Waals surface area contributed by atoms with Gasteiger partial charge in [-0.2, -0.15) is 0 Å². The maximum Gasteiger partial charge on any atom is 0.253 e. The molecule has 0 bridgehead atoms. The summed E-state index contributed by atoms with van der Waals surface area (Å²) in [5, 5.41) is 6.04. The average molecular weight is 493 g/mol. The van der Waals surface area contributed by atoms with E-state index in [0.717, 1.165) is 18.4 Å². The van der Waals surface area contributed by atoms with Crippen molar-refractivity contribution in [2.75, 3.05) is 19.6 Å². The summed E-state index contributed by atoms with van der Waals surface area (Å²) in [5.41, 5.74) is 2.00. The summed E-state index contributed by atoms with van der Waals surface area (Å²) in [6, 6.07) is 16.4. The lowest BCUT2D eigenvalue weighted by Crippen LogP contribution is -2.41. The molecule has 0 aliphatic carbocycles. The zero-order valence-corrected chi connectivity index (χ0v) is 22.4. The first kappa shape index (κ1) is 29.1. The molecule has 2 N–H and O–H groups in total. The summed E-state index contributed by atoms with van der Waals surface area (Å²) in [6.07, 6.45) is 4.21. The van der Waals surface area contributed by atoms with Crippen LogP contribution < -0.4 is 10.6 Å². The Morgan fingerprint density at radius 2 is 1.53 bits per heavy atom. The van der Waals surface area contributed by atoms with Crippen LogP contribution in [0.3, 0.4) is 0 Å². The molecule has 3 amide bonds. The van der Waals surface area contributed by atoms with E-state index in [4.69, 9.17) is 0 Å². The molecule has 2 atom stereocenters. The highest BCUT2D eigenvalue weighted by molar-refractivity contribution is 5.99. The highest BCUT2D eigenvalue weighted by Crippen LogP contribution is 2.14. The van der Waals surface area contributed by atoms with Crippen molar-refractivity contribution in [1.29, 1.82) is 0 Å². The van der Waals surface area contributed by atoms with E-state index in [1.165, 1.54) is 0 Å². The minimum atomic E-state index is -0.373. The number of benzene rings is 2. The molecule has 2 aromatic rings. The van der Waals surface area contributed by atoms with Crippen molar-refractivity contribution in [2.24, 2.45) is 11.8 Å². The fourth-order valence-electron chi connectivity index (χ4n) is 4.02. The first-order valence-corrected chi connectivity index (χ1v) is 13.1. The van der Waals surface area contributed by atoms with E-state index in [2.05, 4.69) is 24.5 Å². The highest BCUT2D eigenvalue weighted by Gasteiger charge is 2.23. The Labute approximate surface area is 216 Å². The van der Waals surface area contributed by atoms with Gasteiger partial charge in [0.05, 0.1) is 0 Å². The minimum Gasteiger partial charge on any atom is -0.356 e. The zero-order valence-electron chi connectivity index (χ0n) is 22.4. The molecular formula is C30H42N3O3. The summed E-state index contributed by atoms with van der Waals surface area (Å²) < 4.78 is 0. The molecule has 0 spiro atoms. The number of rotatable bonds is 14. The van der Waals surface area contributed by atoms with Crippen molar-refractivity contribution in [2.45, 2.75) is 59.9 Å². The Kier molecular flexibility index (Phi) is 12.2. The van der Waals surface area contributed by atoms with Gasteiger partial charge in [0.15, 0.2) is 0 Å². The van der Waals surface area contributed by atoms with Crippen LogP contribution in [0, 0.1) is 18.3 Å². The lowest BCUT2D eigenvalue weighted by molar-refractivity contribution is -0.123. The van der Waals surface area contributed by atoms with Gasteiger partial charge in [-0.15, -0.1) is 0 Å². The Hall–Kier alpha value is -3.15. The van der Waals surface area contributed by atoms with Crippen LogP contribution in [-0.4, -0.2) is 48.3 Å². The lowest BCUT2D eigenvalue weighted by Gasteiger charge is -2.23. The summed E-state index contributed by atoms with van der Waals surface area (Å²) in [5.74, 6) is -0.398. The third-order valence-electron chi connectivity index (χ3n) is 5.88. The average Bonchev–Trinajstić information content (AvgIpc) is 2.87. The minimum absolute atomic E-state index is 0.0591. The second-order valence-corrected chi connectivity index (χ2v) is 9.76. The second kappa shape index (κ2) is 15.1. The molecule has 6 heteroatoms. The molecule has 0 saturated heterocycles. The summed E-state index contributed by atoms with van der Waals surface area (Å²) in [4.78, 5) is 40.7. The second-order valence-electron chi connectivity index (χ2n) is 9.76. The molecule has 0 aliphatic rings. The number of nitrogens with one attached hydrogen (secondary N) is 2. The Bertz CT molecular complexity index is 968. The van der Waals surface area contributed by atoms with Crippen molar-refractivity contribution in [3.05, 3.63) is 77.7 Å².